The Bertz CT molecular complexity index is 226. The predicted molar refractivity (Wildman–Crippen MR) is 66.5 cm³/mol. The molecular formula is C9H19F6PS. The van der Waals surface area contributed by atoms with E-state index in [1.54, 1.807) is 0 Å². The summed E-state index contributed by atoms with van der Waals surface area (Å²) in [7, 11) is -10.7. The Labute approximate surface area is 103 Å². The van der Waals surface area contributed by atoms with Gasteiger partial charge in [-0.05, 0) is 52.2 Å². The number of allylic oxidation sites excluding steroid dienone is 2. The van der Waals surface area contributed by atoms with E-state index in [4.69, 9.17) is 0 Å². The van der Waals surface area contributed by atoms with Gasteiger partial charge >= 0.3 is 33.0 Å². The Hall–Kier alpha value is 0.1000. The van der Waals surface area contributed by atoms with E-state index in [0.717, 1.165) is 5.75 Å². The van der Waals surface area contributed by atoms with Crippen molar-refractivity contribution in [3.63, 3.8) is 0 Å². The summed E-state index contributed by atoms with van der Waals surface area (Å²) in [6.45, 7) is 4.31. The second-order valence-electron chi connectivity index (χ2n) is 3.84. The molecule has 0 aliphatic rings. The van der Waals surface area contributed by atoms with E-state index < -0.39 is 7.81 Å². The van der Waals surface area contributed by atoms with Crippen LogP contribution in [0.15, 0.2) is 11.6 Å². The van der Waals surface area contributed by atoms with Crippen LogP contribution in [0.3, 0.4) is 0 Å². The van der Waals surface area contributed by atoms with Gasteiger partial charge in [-0.2, -0.15) is 0 Å². The summed E-state index contributed by atoms with van der Waals surface area (Å²) < 4.78 is 59.2. The molecule has 0 aliphatic carbocycles. The molecule has 0 atom stereocenters. The summed E-state index contributed by atoms with van der Waals surface area (Å²) in [6, 6.07) is 0. The molecular weight excluding hydrogens is 285 g/mol. The first-order chi connectivity index (χ1) is 7.22. The average Bonchev–Trinajstić information content (AvgIpc) is 1.97. The molecule has 0 bridgehead atoms. The summed E-state index contributed by atoms with van der Waals surface area (Å²) in [6.07, 6.45) is 7.58. The quantitative estimate of drug-likeness (QED) is 0.195. The molecule has 0 saturated carbocycles. The summed E-state index contributed by atoms with van der Waals surface area (Å²) in [5.41, 5.74) is 1.44. The number of hydrogen-bond acceptors (Lipinski definition) is 0. The molecule has 0 nitrogen and oxygen atoms in total. The van der Waals surface area contributed by atoms with Crippen LogP contribution in [0.4, 0.5) is 25.2 Å². The second kappa shape index (κ2) is 6.32. The zero-order valence-electron chi connectivity index (χ0n) is 9.83. The van der Waals surface area contributed by atoms with Crippen molar-refractivity contribution in [2.24, 2.45) is 0 Å². The van der Waals surface area contributed by atoms with E-state index in [0.29, 0.717) is 0 Å². The fourth-order valence-corrected chi connectivity index (χ4v) is 1.09. The molecule has 0 rings (SSSR count). The minimum atomic E-state index is -10.7. The molecule has 0 spiro atoms. The van der Waals surface area contributed by atoms with E-state index in [-0.39, 0.29) is 0 Å². The van der Waals surface area contributed by atoms with Gasteiger partial charge in [0.05, 0.1) is 0 Å². The van der Waals surface area contributed by atoms with Gasteiger partial charge in [0.1, 0.15) is 5.75 Å². The molecule has 0 aliphatic heterocycles. The van der Waals surface area contributed by atoms with Crippen LogP contribution >= 0.6 is 7.81 Å². The standard InChI is InChI=1S/C9H18S.F6P/c1-9(2)7-5-3-4-6-8-10;1-7(2,3,4,5)6/h7,10H,3-6,8H2,1-2H3;/q;-1/p+1. The molecule has 0 aromatic rings. The van der Waals surface area contributed by atoms with Crippen LogP contribution in [-0.2, 0) is 12.6 Å². The molecule has 17 heavy (non-hydrogen) atoms. The number of rotatable bonds is 5. The third-order valence-electron chi connectivity index (χ3n) is 1.43. The summed E-state index contributed by atoms with van der Waals surface area (Å²) in [5, 5.41) is 0. The van der Waals surface area contributed by atoms with Crippen molar-refractivity contribution in [2.45, 2.75) is 39.5 Å². The fraction of sp³-hybridized carbons (Fsp3) is 0.778. The van der Waals surface area contributed by atoms with Crippen LogP contribution in [-0.4, -0.2) is 5.75 Å². The Balaban J connectivity index is 0. The fourth-order valence-electron chi connectivity index (χ4n) is 0.837. The monoisotopic (exact) mass is 304 g/mol. The van der Waals surface area contributed by atoms with Gasteiger partial charge in [0.15, 0.2) is 0 Å². The van der Waals surface area contributed by atoms with Crippen LogP contribution in [0.25, 0.3) is 0 Å². The molecule has 0 aromatic heterocycles. The van der Waals surface area contributed by atoms with E-state index >= 15 is 0 Å². The number of unbranched alkanes of at least 4 members (excludes halogenated alkanes) is 3. The molecule has 0 N–H and O–H groups in total. The molecule has 0 heterocycles. The van der Waals surface area contributed by atoms with Crippen molar-refractivity contribution in [3.8, 4) is 0 Å². The van der Waals surface area contributed by atoms with Gasteiger partial charge in [-0.3, -0.25) is 0 Å². The third-order valence-corrected chi connectivity index (χ3v) is 1.79. The first-order valence-corrected chi connectivity index (χ1v) is 7.80. The molecule has 108 valence electrons. The summed E-state index contributed by atoms with van der Waals surface area (Å²) >= 11 is 3.46. The van der Waals surface area contributed by atoms with Gasteiger partial charge in [-0.1, -0.05) is 11.6 Å². The Morgan fingerprint density at radius 2 is 1.35 bits per heavy atom. The molecule has 0 radical (unpaired) electrons. The van der Waals surface area contributed by atoms with Crippen molar-refractivity contribution in [2.75, 3.05) is 5.75 Å². The van der Waals surface area contributed by atoms with Crippen LogP contribution in [0.5, 0.6) is 0 Å². The Morgan fingerprint density at radius 1 is 0.941 bits per heavy atom. The Kier molecular flexibility index (Phi) is 7.23. The van der Waals surface area contributed by atoms with Crippen LogP contribution in [0.1, 0.15) is 39.5 Å². The summed E-state index contributed by atoms with van der Waals surface area (Å²) in [4.78, 5) is 0. The van der Waals surface area contributed by atoms with Gasteiger partial charge in [0.25, 0.3) is 0 Å². The predicted octanol–water partition coefficient (Wildman–Crippen LogP) is 5.91. The van der Waals surface area contributed by atoms with Crippen molar-refractivity contribution in [1.29, 1.82) is 0 Å². The summed E-state index contributed by atoms with van der Waals surface area (Å²) in [5.74, 6) is 1.15. The topological polar surface area (TPSA) is 0 Å². The molecule has 0 unspecified atom stereocenters. The first kappa shape index (κ1) is 19.4. The molecule has 0 saturated heterocycles. The van der Waals surface area contributed by atoms with E-state index in [1.807, 2.05) is 0 Å². The Morgan fingerprint density at radius 3 is 1.65 bits per heavy atom. The maximum absolute atomic E-state index is 10.7. The number of halogens is 6. The van der Waals surface area contributed by atoms with Gasteiger partial charge < -0.3 is 0 Å². The van der Waals surface area contributed by atoms with E-state index in [2.05, 4.69) is 32.6 Å². The third kappa shape index (κ3) is 63.5. The van der Waals surface area contributed by atoms with Gasteiger partial charge in [-0.25, -0.2) is 0 Å². The van der Waals surface area contributed by atoms with Crippen molar-refractivity contribution in [3.05, 3.63) is 11.6 Å². The van der Waals surface area contributed by atoms with Crippen molar-refractivity contribution >= 4 is 20.4 Å². The van der Waals surface area contributed by atoms with Gasteiger partial charge in [0, 0.05) is 0 Å². The molecule has 0 fully saturated rings. The molecule has 0 amide bonds. The van der Waals surface area contributed by atoms with Crippen LogP contribution in [0.2, 0.25) is 0 Å². The van der Waals surface area contributed by atoms with Gasteiger partial charge in [-0.15, -0.1) is 0 Å². The first-order valence-electron chi connectivity index (χ1n) is 5.06. The normalized spacial score (nSPS) is 15.1. The zero-order chi connectivity index (χ0) is 14.2. The SMILES string of the molecule is CC(C)=CCCCCC[SH2+].F[P-](F)(F)(F)(F)F. The molecule has 8 heteroatoms. The number of hydrogen-bond donors (Lipinski definition) is 0. The molecule has 0 aromatic carbocycles. The van der Waals surface area contributed by atoms with Crippen LogP contribution in [0, 0.1) is 0 Å². The zero-order valence-corrected chi connectivity index (χ0v) is 11.7. The van der Waals surface area contributed by atoms with Crippen molar-refractivity contribution in [1.82, 2.24) is 0 Å². The average molecular weight is 304 g/mol. The van der Waals surface area contributed by atoms with Crippen molar-refractivity contribution < 1.29 is 25.2 Å². The van der Waals surface area contributed by atoms with Crippen LogP contribution < -0.4 is 0 Å². The maximum atomic E-state index is 9.87. The van der Waals surface area contributed by atoms with Gasteiger partial charge in [0.2, 0.25) is 0 Å². The second-order valence-corrected chi connectivity index (χ2v) is 6.26. The van der Waals surface area contributed by atoms with E-state index in [1.165, 1.54) is 31.3 Å². The van der Waals surface area contributed by atoms with E-state index in [9.17, 15) is 25.2 Å². The minimum absolute atomic E-state index is 1.15.